The van der Waals surface area contributed by atoms with Crippen LogP contribution in [0.4, 0.5) is 11.4 Å². The third-order valence-corrected chi connectivity index (χ3v) is 5.26. The van der Waals surface area contributed by atoms with Gasteiger partial charge in [0.15, 0.2) is 0 Å². The monoisotopic (exact) mass is 395 g/mol. The van der Waals surface area contributed by atoms with Gasteiger partial charge in [-0.2, -0.15) is 10.1 Å². The molecule has 150 valence electrons. The highest BCUT2D eigenvalue weighted by molar-refractivity contribution is 6.37. The molecule has 4 nitrogen and oxygen atoms in total. The van der Waals surface area contributed by atoms with Gasteiger partial charge in [-0.3, -0.25) is 4.79 Å². The van der Waals surface area contributed by atoms with Gasteiger partial charge in [-0.1, -0.05) is 60.7 Å². The first-order valence-electron chi connectivity index (χ1n) is 10.3. The van der Waals surface area contributed by atoms with Crippen molar-refractivity contribution in [2.24, 2.45) is 5.10 Å². The molecule has 1 aliphatic heterocycles. The molecule has 1 heterocycles. The second-order valence-electron chi connectivity index (χ2n) is 7.09. The Balaban J connectivity index is 1.73. The van der Waals surface area contributed by atoms with E-state index in [1.807, 2.05) is 66.7 Å². The van der Waals surface area contributed by atoms with Crippen LogP contribution in [0.1, 0.15) is 25.0 Å². The summed E-state index contributed by atoms with van der Waals surface area (Å²) in [4.78, 5) is 15.6. The van der Waals surface area contributed by atoms with E-state index in [1.54, 1.807) is 0 Å². The van der Waals surface area contributed by atoms with Crippen LogP contribution in [0.3, 0.4) is 0 Å². The molecule has 4 heteroatoms. The first-order chi connectivity index (χ1) is 14.7. The van der Waals surface area contributed by atoms with Crippen molar-refractivity contribution in [3.05, 3.63) is 102 Å². The summed E-state index contributed by atoms with van der Waals surface area (Å²) in [6, 6.07) is 27.7. The highest BCUT2D eigenvalue weighted by Crippen LogP contribution is 2.28. The molecule has 0 saturated heterocycles. The van der Waals surface area contributed by atoms with Crippen LogP contribution in [-0.2, 0) is 4.79 Å². The molecular weight excluding hydrogens is 370 g/mol. The number of hydrogen-bond acceptors (Lipinski definition) is 3. The Labute approximate surface area is 177 Å². The first-order valence-corrected chi connectivity index (χ1v) is 10.3. The molecule has 3 aromatic carbocycles. The number of nitrogens with zero attached hydrogens (tertiary/aromatic N) is 3. The van der Waals surface area contributed by atoms with Gasteiger partial charge < -0.3 is 4.90 Å². The Morgan fingerprint density at radius 1 is 0.833 bits per heavy atom. The van der Waals surface area contributed by atoms with Gasteiger partial charge in [-0.25, -0.2) is 0 Å². The van der Waals surface area contributed by atoms with Crippen molar-refractivity contribution in [1.29, 1.82) is 0 Å². The molecular formula is C26H25N3O. The lowest BCUT2D eigenvalue weighted by molar-refractivity contribution is -0.114. The number of carbonyl (C=O) groups is 1. The summed E-state index contributed by atoms with van der Waals surface area (Å²) in [6.45, 7) is 6.23. The molecule has 0 aromatic heterocycles. The number of hydrazone groups is 1. The average Bonchev–Trinajstić information content (AvgIpc) is 3.13. The van der Waals surface area contributed by atoms with Crippen LogP contribution in [0.25, 0.3) is 6.08 Å². The van der Waals surface area contributed by atoms with Gasteiger partial charge in [0, 0.05) is 24.3 Å². The van der Waals surface area contributed by atoms with Crippen molar-refractivity contribution in [1.82, 2.24) is 0 Å². The Morgan fingerprint density at radius 2 is 1.43 bits per heavy atom. The lowest BCUT2D eigenvalue weighted by Crippen LogP contribution is -2.21. The third kappa shape index (κ3) is 3.90. The lowest BCUT2D eigenvalue weighted by Gasteiger charge is -2.20. The summed E-state index contributed by atoms with van der Waals surface area (Å²) >= 11 is 0. The molecule has 1 amide bonds. The SMILES string of the molecule is CCN(CC)c1ccc(C=C2C(=O)N(c3ccccc3)N=C2c2ccccc2)cc1. The fraction of sp³-hybridized carbons (Fsp3) is 0.154. The number of carbonyl (C=O) groups excluding carboxylic acids is 1. The van der Waals surface area contributed by atoms with Gasteiger partial charge in [0.25, 0.3) is 5.91 Å². The highest BCUT2D eigenvalue weighted by atomic mass is 16.2. The number of anilines is 2. The van der Waals surface area contributed by atoms with Crippen LogP contribution in [0, 0.1) is 0 Å². The minimum atomic E-state index is -0.118. The zero-order valence-electron chi connectivity index (χ0n) is 17.3. The van der Waals surface area contributed by atoms with Crippen molar-refractivity contribution < 1.29 is 4.79 Å². The summed E-state index contributed by atoms with van der Waals surface area (Å²) in [5.41, 5.74) is 5.14. The van der Waals surface area contributed by atoms with E-state index in [0.717, 1.165) is 29.9 Å². The minimum absolute atomic E-state index is 0.118. The number of amides is 1. The summed E-state index contributed by atoms with van der Waals surface area (Å²) < 4.78 is 0. The summed E-state index contributed by atoms with van der Waals surface area (Å²) in [5.74, 6) is -0.118. The van der Waals surface area contributed by atoms with Crippen LogP contribution >= 0.6 is 0 Å². The maximum Gasteiger partial charge on any atom is 0.281 e. The van der Waals surface area contributed by atoms with Gasteiger partial charge in [0.2, 0.25) is 0 Å². The predicted octanol–water partition coefficient (Wildman–Crippen LogP) is 5.37. The lowest BCUT2D eigenvalue weighted by atomic mass is 10.00. The molecule has 0 radical (unpaired) electrons. The molecule has 0 N–H and O–H groups in total. The van der Waals surface area contributed by atoms with Gasteiger partial charge in [-0.15, -0.1) is 0 Å². The van der Waals surface area contributed by atoms with E-state index in [2.05, 4.69) is 48.1 Å². The topological polar surface area (TPSA) is 35.9 Å². The quantitative estimate of drug-likeness (QED) is 0.526. The van der Waals surface area contributed by atoms with E-state index >= 15 is 0 Å². The molecule has 0 saturated carbocycles. The maximum atomic E-state index is 13.3. The van der Waals surface area contributed by atoms with Crippen LogP contribution in [-0.4, -0.2) is 24.7 Å². The Bertz CT molecular complexity index is 1070. The number of rotatable bonds is 6. The zero-order chi connectivity index (χ0) is 20.9. The largest absolute Gasteiger partial charge is 0.372 e. The molecule has 3 aromatic rings. The number of benzene rings is 3. The Hall–Kier alpha value is -3.66. The maximum absolute atomic E-state index is 13.3. The smallest absolute Gasteiger partial charge is 0.281 e. The normalized spacial score (nSPS) is 14.9. The van der Waals surface area contributed by atoms with E-state index in [-0.39, 0.29) is 5.91 Å². The van der Waals surface area contributed by atoms with E-state index in [1.165, 1.54) is 10.7 Å². The zero-order valence-corrected chi connectivity index (χ0v) is 17.3. The van der Waals surface area contributed by atoms with Crippen molar-refractivity contribution in [3.8, 4) is 0 Å². The second-order valence-corrected chi connectivity index (χ2v) is 7.09. The summed E-state index contributed by atoms with van der Waals surface area (Å²) in [7, 11) is 0. The van der Waals surface area contributed by atoms with E-state index < -0.39 is 0 Å². The van der Waals surface area contributed by atoms with Crippen molar-refractivity contribution in [2.75, 3.05) is 23.0 Å². The van der Waals surface area contributed by atoms with Crippen molar-refractivity contribution >= 4 is 29.1 Å². The van der Waals surface area contributed by atoms with Gasteiger partial charge in [-0.05, 0) is 49.8 Å². The summed E-state index contributed by atoms with van der Waals surface area (Å²) in [5, 5.41) is 6.17. The molecule has 4 rings (SSSR count). The van der Waals surface area contributed by atoms with E-state index in [4.69, 9.17) is 0 Å². The molecule has 0 spiro atoms. The van der Waals surface area contributed by atoms with Crippen LogP contribution in [0.2, 0.25) is 0 Å². The van der Waals surface area contributed by atoms with E-state index in [0.29, 0.717) is 11.3 Å². The van der Waals surface area contributed by atoms with Gasteiger partial charge >= 0.3 is 0 Å². The van der Waals surface area contributed by atoms with Gasteiger partial charge in [0.1, 0.15) is 5.71 Å². The van der Waals surface area contributed by atoms with Crippen molar-refractivity contribution in [2.45, 2.75) is 13.8 Å². The fourth-order valence-corrected chi connectivity index (χ4v) is 3.63. The molecule has 0 aliphatic carbocycles. The second kappa shape index (κ2) is 8.78. The van der Waals surface area contributed by atoms with Crippen molar-refractivity contribution in [3.63, 3.8) is 0 Å². The highest BCUT2D eigenvalue weighted by Gasteiger charge is 2.31. The minimum Gasteiger partial charge on any atom is -0.372 e. The predicted molar refractivity (Wildman–Crippen MR) is 125 cm³/mol. The van der Waals surface area contributed by atoms with Crippen LogP contribution < -0.4 is 9.91 Å². The van der Waals surface area contributed by atoms with E-state index in [9.17, 15) is 4.79 Å². The molecule has 0 atom stereocenters. The average molecular weight is 396 g/mol. The molecule has 1 aliphatic rings. The molecule has 0 fully saturated rings. The first kappa shape index (κ1) is 19.6. The number of hydrogen-bond donors (Lipinski definition) is 0. The standard InChI is InChI=1S/C26H25N3O/c1-3-28(4-2)22-17-15-20(16-18-22)19-24-25(21-11-7-5-8-12-21)27-29(26(24)30)23-13-9-6-10-14-23/h5-19H,3-4H2,1-2H3. The Morgan fingerprint density at radius 3 is 2.03 bits per heavy atom. The third-order valence-electron chi connectivity index (χ3n) is 5.26. The molecule has 30 heavy (non-hydrogen) atoms. The van der Waals surface area contributed by atoms with Gasteiger partial charge in [0.05, 0.1) is 11.3 Å². The Kier molecular flexibility index (Phi) is 5.75. The molecule has 0 unspecified atom stereocenters. The number of para-hydroxylation sites is 1. The van der Waals surface area contributed by atoms with Crippen LogP contribution in [0.15, 0.2) is 95.6 Å². The molecule has 0 bridgehead atoms. The van der Waals surface area contributed by atoms with Crippen LogP contribution in [0.5, 0.6) is 0 Å². The summed E-state index contributed by atoms with van der Waals surface area (Å²) in [6.07, 6.45) is 1.93. The fourth-order valence-electron chi connectivity index (χ4n) is 3.63.